The first-order valence-corrected chi connectivity index (χ1v) is 7.72. The van der Waals surface area contributed by atoms with E-state index in [0.717, 1.165) is 16.5 Å². The molecule has 0 aliphatic heterocycles. The predicted molar refractivity (Wildman–Crippen MR) is 84.2 cm³/mol. The maximum absolute atomic E-state index is 11.8. The summed E-state index contributed by atoms with van der Waals surface area (Å²) in [4.78, 5) is 16.3. The third-order valence-electron chi connectivity index (χ3n) is 2.68. The summed E-state index contributed by atoms with van der Waals surface area (Å²) in [5, 5.41) is 11.1. The summed E-state index contributed by atoms with van der Waals surface area (Å²) >= 11 is 1.29. The highest BCUT2D eigenvalue weighted by molar-refractivity contribution is 7.99. The summed E-state index contributed by atoms with van der Waals surface area (Å²) in [5.74, 6) is -0.110. The zero-order chi connectivity index (χ0) is 15.5. The van der Waals surface area contributed by atoms with Crippen LogP contribution in [0.4, 0.5) is 0 Å². The van der Waals surface area contributed by atoms with E-state index < -0.39 is 5.60 Å². The molecule has 5 heteroatoms. The van der Waals surface area contributed by atoms with E-state index in [1.165, 1.54) is 11.8 Å². The van der Waals surface area contributed by atoms with Crippen LogP contribution < -0.4 is 0 Å². The molecule has 21 heavy (non-hydrogen) atoms. The SMILES string of the molecule is CC(C)(C)OC(=O)CSc1nc2ccccc2cc1CO. The molecule has 112 valence electrons. The van der Waals surface area contributed by atoms with Crippen molar-refractivity contribution in [1.82, 2.24) is 4.98 Å². The number of pyridine rings is 1. The lowest BCUT2D eigenvalue weighted by Gasteiger charge is -2.19. The van der Waals surface area contributed by atoms with Crippen LogP contribution in [0.3, 0.4) is 0 Å². The number of aliphatic hydroxyl groups excluding tert-OH is 1. The molecule has 0 saturated carbocycles. The van der Waals surface area contributed by atoms with Crippen LogP contribution in [0.15, 0.2) is 35.4 Å². The molecule has 1 N–H and O–H groups in total. The number of ether oxygens (including phenoxy) is 1. The van der Waals surface area contributed by atoms with Crippen molar-refractivity contribution < 1.29 is 14.6 Å². The summed E-state index contributed by atoms with van der Waals surface area (Å²) in [6.45, 7) is 5.41. The molecule has 0 aliphatic carbocycles. The van der Waals surface area contributed by atoms with Gasteiger partial charge < -0.3 is 9.84 Å². The van der Waals surface area contributed by atoms with E-state index in [4.69, 9.17) is 4.74 Å². The van der Waals surface area contributed by atoms with E-state index in [2.05, 4.69) is 4.98 Å². The summed E-state index contributed by atoms with van der Waals surface area (Å²) in [6, 6.07) is 9.60. The lowest BCUT2D eigenvalue weighted by molar-refractivity contribution is -0.151. The van der Waals surface area contributed by atoms with Crippen molar-refractivity contribution >= 4 is 28.6 Å². The highest BCUT2D eigenvalue weighted by Crippen LogP contribution is 2.25. The Hall–Kier alpha value is -1.59. The first kappa shape index (κ1) is 15.8. The quantitative estimate of drug-likeness (QED) is 0.694. The van der Waals surface area contributed by atoms with Gasteiger partial charge in [0.2, 0.25) is 0 Å². The van der Waals surface area contributed by atoms with Gasteiger partial charge in [-0.3, -0.25) is 4.79 Å². The number of hydrogen-bond donors (Lipinski definition) is 1. The van der Waals surface area contributed by atoms with Crippen LogP contribution in [-0.2, 0) is 16.1 Å². The molecular formula is C16H19NO3S. The number of carbonyl (C=O) groups is 1. The standard InChI is InChI=1S/C16H19NO3S/c1-16(2,3)20-14(19)10-21-15-12(9-18)8-11-6-4-5-7-13(11)17-15/h4-8,18H,9-10H2,1-3H3. The Labute approximate surface area is 128 Å². The number of carbonyl (C=O) groups excluding carboxylic acids is 1. The smallest absolute Gasteiger partial charge is 0.316 e. The Morgan fingerprint density at radius 3 is 2.71 bits per heavy atom. The van der Waals surface area contributed by atoms with Crippen LogP contribution in [0.2, 0.25) is 0 Å². The number of nitrogens with zero attached hydrogens (tertiary/aromatic N) is 1. The minimum absolute atomic E-state index is 0.103. The Bertz CT molecular complexity index is 650. The van der Waals surface area contributed by atoms with Crippen molar-refractivity contribution in [3.05, 3.63) is 35.9 Å². The summed E-state index contributed by atoms with van der Waals surface area (Å²) in [5.41, 5.74) is 1.08. The number of aliphatic hydroxyl groups is 1. The largest absolute Gasteiger partial charge is 0.459 e. The van der Waals surface area contributed by atoms with Gasteiger partial charge in [-0.15, -0.1) is 0 Å². The average molecular weight is 305 g/mol. The molecule has 2 aromatic rings. The molecule has 0 fully saturated rings. The van der Waals surface area contributed by atoms with Crippen LogP contribution in [0.5, 0.6) is 0 Å². The molecule has 0 spiro atoms. The fraction of sp³-hybridized carbons (Fsp3) is 0.375. The normalized spacial score (nSPS) is 11.6. The number of hydrogen-bond acceptors (Lipinski definition) is 5. The van der Waals surface area contributed by atoms with Crippen molar-refractivity contribution in [3.8, 4) is 0 Å². The average Bonchev–Trinajstić information content (AvgIpc) is 2.42. The molecule has 0 aliphatic rings. The van der Waals surface area contributed by atoms with Gasteiger partial charge in [0, 0.05) is 10.9 Å². The lowest BCUT2D eigenvalue weighted by atomic mass is 10.2. The van der Waals surface area contributed by atoms with E-state index in [1.54, 1.807) is 0 Å². The molecule has 0 bridgehead atoms. The van der Waals surface area contributed by atoms with Gasteiger partial charge >= 0.3 is 5.97 Å². The van der Waals surface area contributed by atoms with Crippen molar-refractivity contribution in [3.63, 3.8) is 0 Å². The lowest BCUT2D eigenvalue weighted by Crippen LogP contribution is -2.25. The molecule has 1 aromatic heterocycles. The van der Waals surface area contributed by atoms with E-state index in [1.807, 2.05) is 51.1 Å². The predicted octanol–water partition coefficient (Wildman–Crippen LogP) is 3.16. The van der Waals surface area contributed by atoms with Crippen LogP contribution in [0, 0.1) is 0 Å². The molecule has 2 rings (SSSR count). The van der Waals surface area contributed by atoms with E-state index in [9.17, 15) is 9.90 Å². The molecular weight excluding hydrogens is 286 g/mol. The summed E-state index contributed by atoms with van der Waals surface area (Å²) < 4.78 is 5.27. The monoisotopic (exact) mass is 305 g/mol. The molecule has 0 saturated heterocycles. The number of esters is 1. The van der Waals surface area contributed by atoms with Crippen molar-refractivity contribution in [2.24, 2.45) is 0 Å². The maximum atomic E-state index is 11.8. The van der Waals surface area contributed by atoms with Crippen LogP contribution in [-0.4, -0.2) is 27.4 Å². The molecule has 0 radical (unpaired) electrons. The Morgan fingerprint density at radius 1 is 1.33 bits per heavy atom. The first-order chi connectivity index (χ1) is 9.89. The van der Waals surface area contributed by atoms with Crippen LogP contribution in [0.25, 0.3) is 10.9 Å². The van der Waals surface area contributed by atoms with Crippen LogP contribution in [0.1, 0.15) is 26.3 Å². The number of aromatic nitrogens is 1. The molecule has 0 unspecified atom stereocenters. The van der Waals surface area contributed by atoms with Crippen molar-refractivity contribution in [2.45, 2.75) is 38.0 Å². The van der Waals surface area contributed by atoms with E-state index >= 15 is 0 Å². The zero-order valence-corrected chi connectivity index (χ0v) is 13.2. The second-order valence-electron chi connectivity index (χ2n) is 5.68. The highest BCUT2D eigenvalue weighted by atomic mass is 32.2. The van der Waals surface area contributed by atoms with Gasteiger partial charge in [0.05, 0.1) is 17.9 Å². The first-order valence-electron chi connectivity index (χ1n) is 6.73. The maximum Gasteiger partial charge on any atom is 0.316 e. The van der Waals surface area contributed by atoms with Gasteiger partial charge in [-0.2, -0.15) is 0 Å². The minimum Gasteiger partial charge on any atom is -0.459 e. The van der Waals surface area contributed by atoms with E-state index in [0.29, 0.717) is 5.03 Å². The van der Waals surface area contributed by atoms with Gasteiger partial charge in [0.25, 0.3) is 0 Å². The third kappa shape index (κ3) is 4.44. The number of thioether (sulfide) groups is 1. The Balaban J connectivity index is 2.15. The Kier molecular flexibility index (Phi) is 4.85. The third-order valence-corrected chi connectivity index (χ3v) is 3.69. The second kappa shape index (κ2) is 6.45. The highest BCUT2D eigenvalue weighted by Gasteiger charge is 2.17. The number of fused-ring (bicyclic) bond motifs is 1. The number of para-hydroxylation sites is 1. The summed E-state index contributed by atoms with van der Waals surface area (Å²) in [6.07, 6.45) is 0. The van der Waals surface area contributed by atoms with Crippen molar-refractivity contribution in [1.29, 1.82) is 0 Å². The zero-order valence-electron chi connectivity index (χ0n) is 12.4. The molecule has 0 amide bonds. The number of rotatable bonds is 4. The minimum atomic E-state index is -0.492. The second-order valence-corrected chi connectivity index (χ2v) is 6.64. The molecule has 1 heterocycles. The molecule has 1 aromatic carbocycles. The molecule has 0 atom stereocenters. The number of benzene rings is 1. The van der Waals surface area contributed by atoms with Gasteiger partial charge in [0.1, 0.15) is 10.6 Å². The fourth-order valence-electron chi connectivity index (χ4n) is 1.88. The topological polar surface area (TPSA) is 59.4 Å². The van der Waals surface area contributed by atoms with Gasteiger partial charge in [-0.25, -0.2) is 4.98 Å². The van der Waals surface area contributed by atoms with Gasteiger partial charge in [-0.1, -0.05) is 30.0 Å². The Morgan fingerprint density at radius 2 is 2.05 bits per heavy atom. The van der Waals surface area contributed by atoms with Gasteiger partial charge in [0.15, 0.2) is 0 Å². The van der Waals surface area contributed by atoms with E-state index in [-0.39, 0.29) is 18.3 Å². The van der Waals surface area contributed by atoms with Gasteiger partial charge in [-0.05, 0) is 32.9 Å². The fourth-order valence-corrected chi connectivity index (χ4v) is 2.66. The summed E-state index contributed by atoms with van der Waals surface area (Å²) in [7, 11) is 0. The molecule has 4 nitrogen and oxygen atoms in total. The van der Waals surface area contributed by atoms with Crippen molar-refractivity contribution in [2.75, 3.05) is 5.75 Å². The van der Waals surface area contributed by atoms with Crippen LogP contribution >= 0.6 is 11.8 Å².